The van der Waals surface area contributed by atoms with Gasteiger partial charge in [-0.15, -0.1) is 0 Å². The number of ether oxygens (including phenoxy) is 1. The summed E-state index contributed by atoms with van der Waals surface area (Å²) >= 11 is 7.39. The average molecular weight is 697 g/mol. The molecule has 0 amide bonds. The van der Waals surface area contributed by atoms with Crippen molar-refractivity contribution in [2.75, 3.05) is 17.2 Å². The highest BCUT2D eigenvalue weighted by Gasteiger charge is 2.41. The second-order valence-corrected chi connectivity index (χ2v) is 14.7. The molecule has 8 heteroatoms. The van der Waals surface area contributed by atoms with Crippen LogP contribution >= 0.6 is 11.6 Å². The Balaban J connectivity index is 1.94. The number of phenolic OH excluding ortho intramolecular Hbond substituents is 2. The number of nitrogens with one attached hydrogen (secondary N) is 2. The lowest BCUT2D eigenvalue weighted by Crippen LogP contribution is -2.24. The minimum atomic E-state index is -0.672. The quantitative estimate of drug-likeness (QED) is 0.0759. The highest BCUT2D eigenvalue weighted by atomic mass is 35.5. The van der Waals surface area contributed by atoms with E-state index in [0.717, 1.165) is 40.0 Å². The lowest BCUT2D eigenvalue weighted by Gasteiger charge is -2.30. The summed E-state index contributed by atoms with van der Waals surface area (Å²) in [5.41, 5.74) is 6.08. The zero-order valence-corrected chi connectivity index (χ0v) is 31.3. The minimum absolute atomic E-state index is 0.0125. The van der Waals surface area contributed by atoms with Gasteiger partial charge in [0, 0.05) is 11.4 Å². The molecule has 1 aliphatic carbocycles. The fourth-order valence-corrected chi connectivity index (χ4v) is 7.08. The molecule has 4 aromatic carbocycles. The molecule has 50 heavy (non-hydrogen) atoms. The maximum atomic E-state index is 14.5. The molecule has 0 heterocycles. The number of anilines is 4. The van der Waals surface area contributed by atoms with Crippen LogP contribution in [-0.2, 0) is 0 Å². The van der Waals surface area contributed by atoms with Gasteiger partial charge in [0.1, 0.15) is 17.2 Å². The van der Waals surface area contributed by atoms with E-state index in [9.17, 15) is 19.8 Å². The Morgan fingerprint density at radius 3 is 1.40 bits per heavy atom. The number of halogens is 1. The van der Waals surface area contributed by atoms with Gasteiger partial charge in [-0.25, -0.2) is 0 Å². The number of hydrogen-bond acceptors (Lipinski definition) is 7. The van der Waals surface area contributed by atoms with Crippen LogP contribution in [0, 0.1) is 0 Å². The van der Waals surface area contributed by atoms with E-state index in [4.69, 9.17) is 16.3 Å². The fourth-order valence-electron chi connectivity index (χ4n) is 6.76. The number of fused-ring (bicyclic) bond motifs is 2. The Hall–Kier alpha value is -4.49. The zero-order chi connectivity index (χ0) is 36.6. The second kappa shape index (κ2) is 14.8. The van der Waals surface area contributed by atoms with E-state index in [1.807, 2.05) is 13.0 Å². The molecule has 0 radical (unpaired) electrons. The van der Waals surface area contributed by atoms with Crippen LogP contribution in [0.25, 0.3) is 0 Å². The summed E-state index contributed by atoms with van der Waals surface area (Å²) in [6.45, 7) is 19.3. The van der Waals surface area contributed by atoms with Crippen molar-refractivity contribution in [2.24, 2.45) is 0 Å². The Labute approximate surface area is 301 Å². The van der Waals surface area contributed by atoms with Crippen molar-refractivity contribution in [3.05, 3.63) is 98.1 Å². The van der Waals surface area contributed by atoms with Gasteiger partial charge >= 0.3 is 0 Å². The summed E-state index contributed by atoms with van der Waals surface area (Å²) in [6, 6.07) is 14.8. The van der Waals surface area contributed by atoms with E-state index in [1.54, 1.807) is 0 Å². The molecule has 0 bridgehead atoms. The third-order valence-corrected chi connectivity index (χ3v) is 9.83. The molecule has 0 atom stereocenters. The first-order chi connectivity index (χ1) is 23.7. The number of rotatable bonds is 12. The topological polar surface area (TPSA) is 108 Å². The maximum absolute atomic E-state index is 14.5. The molecule has 7 nitrogen and oxygen atoms in total. The largest absolute Gasteiger partial charge is 0.507 e. The first-order valence-electron chi connectivity index (χ1n) is 17.7. The molecule has 264 valence electrons. The molecule has 1 aliphatic rings. The van der Waals surface area contributed by atoms with Gasteiger partial charge in [0.25, 0.3) is 0 Å². The molecule has 0 spiro atoms. The zero-order valence-electron chi connectivity index (χ0n) is 30.5. The van der Waals surface area contributed by atoms with Crippen LogP contribution < -0.4 is 15.4 Å². The summed E-state index contributed by atoms with van der Waals surface area (Å²) in [4.78, 5) is 29.0. The van der Waals surface area contributed by atoms with E-state index in [0.29, 0.717) is 17.8 Å². The predicted molar refractivity (Wildman–Crippen MR) is 204 cm³/mol. The van der Waals surface area contributed by atoms with Crippen LogP contribution in [0.15, 0.2) is 48.5 Å². The van der Waals surface area contributed by atoms with Gasteiger partial charge in [0.05, 0.1) is 39.6 Å². The van der Waals surface area contributed by atoms with Crippen molar-refractivity contribution in [3.8, 4) is 17.2 Å². The number of carbonyl (C=O) groups is 2. The second-order valence-electron chi connectivity index (χ2n) is 14.3. The first-order valence-corrected chi connectivity index (χ1v) is 18.0. The third-order valence-electron chi connectivity index (χ3n) is 9.45. The standard InChI is InChI=1S/C42H49ClN2O5/c1-10-11-20-50-42-34-33(40(48)31-29(46)18-19-30(47)32(31)41(34)49)35(43)38(44-36-25(21(2)3)14-12-15-26(36)22(4)5)39(42)45-37-27(23(6)7)16-13-17-28(37)24(8)9/h12-19,21-24,44-47H,10-11,20H2,1-9H3. The van der Waals surface area contributed by atoms with Crippen molar-refractivity contribution in [3.63, 3.8) is 0 Å². The lowest BCUT2D eigenvalue weighted by atomic mass is 9.81. The molecular weight excluding hydrogens is 648 g/mol. The van der Waals surface area contributed by atoms with Crippen LogP contribution in [0.4, 0.5) is 22.7 Å². The van der Waals surface area contributed by atoms with Gasteiger partial charge in [-0.2, -0.15) is 0 Å². The monoisotopic (exact) mass is 696 g/mol. The molecule has 4 aromatic rings. The Bertz CT molecular complexity index is 1910. The van der Waals surface area contributed by atoms with Gasteiger partial charge in [-0.1, -0.05) is 117 Å². The number of phenols is 2. The van der Waals surface area contributed by atoms with E-state index >= 15 is 0 Å². The number of aromatic hydroxyl groups is 2. The fraction of sp³-hybridized carbons (Fsp3) is 0.381. The van der Waals surface area contributed by atoms with E-state index in [-0.39, 0.29) is 63.3 Å². The molecule has 0 saturated carbocycles. The summed E-state index contributed by atoms with van der Waals surface area (Å²) < 4.78 is 6.56. The highest BCUT2D eigenvalue weighted by molar-refractivity contribution is 6.43. The van der Waals surface area contributed by atoms with Gasteiger partial charge in [-0.05, 0) is 64.5 Å². The van der Waals surface area contributed by atoms with Crippen LogP contribution in [0.5, 0.6) is 17.2 Å². The third kappa shape index (κ3) is 6.56. The number of para-hydroxylation sites is 2. The Morgan fingerprint density at radius 2 is 1.00 bits per heavy atom. The van der Waals surface area contributed by atoms with Gasteiger partial charge in [0.2, 0.25) is 5.78 Å². The van der Waals surface area contributed by atoms with Crippen LogP contribution in [-0.4, -0.2) is 28.4 Å². The average Bonchev–Trinajstić information content (AvgIpc) is 3.06. The predicted octanol–water partition coefficient (Wildman–Crippen LogP) is 11.7. The van der Waals surface area contributed by atoms with Gasteiger partial charge in [0.15, 0.2) is 11.5 Å². The number of carbonyl (C=O) groups excluding carboxylic acids is 2. The molecule has 5 rings (SSSR count). The first kappa shape index (κ1) is 36.8. The molecule has 4 N–H and O–H groups in total. The number of unbranched alkanes of at least 4 members (excludes halogenated alkanes) is 1. The summed E-state index contributed by atoms with van der Waals surface area (Å²) in [7, 11) is 0. The number of benzene rings is 4. The lowest BCUT2D eigenvalue weighted by molar-refractivity contribution is 0.0971. The Kier molecular flexibility index (Phi) is 10.9. The van der Waals surface area contributed by atoms with Crippen LogP contribution in [0.2, 0.25) is 5.02 Å². The molecular formula is C42H49ClN2O5. The van der Waals surface area contributed by atoms with Crippen LogP contribution in [0.1, 0.15) is 153 Å². The molecule has 0 fully saturated rings. The maximum Gasteiger partial charge on any atom is 0.202 e. The summed E-state index contributed by atoms with van der Waals surface area (Å²) in [6.07, 6.45) is 1.53. The number of hydrogen-bond donors (Lipinski definition) is 4. The summed E-state index contributed by atoms with van der Waals surface area (Å²) in [5.74, 6) is -1.40. The van der Waals surface area contributed by atoms with Crippen molar-refractivity contribution in [1.82, 2.24) is 0 Å². The normalized spacial score (nSPS) is 12.6. The molecule has 0 saturated heterocycles. The van der Waals surface area contributed by atoms with Crippen molar-refractivity contribution in [1.29, 1.82) is 0 Å². The van der Waals surface area contributed by atoms with Crippen molar-refractivity contribution >= 4 is 45.9 Å². The molecule has 0 aromatic heterocycles. The highest BCUT2D eigenvalue weighted by Crippen LogP contribution is 2.53. The van der Waals surface area contributed by atoms with Crippen molar-refractivity contribution in [2.45, 2.75) is 98.8 Å². The minimum Gasteiger partial charge on any atom is -0.507 e. The van der Waals surface area contributed by atoms with E-state index in [2.05, 4.69) is 96.4 Å². The van der Waals surface area contributed by atoms with E-state index < -0.39 is 23.1 Å². The van der Waals surface area contributed by atoms with E-state index in [1.165, 1.54) is 12.1 Å². The Morgan fingerprint density at radius 1 is 0.600 bits per heavy atom. The van der Waals surface area contributed by atoms with Gasteiger partial charge < -0.3 is 25.6 Å². The molecule has 0 aliphatic heterocycles. The van der Waals surface area contributed by atoms with Gasteiger partial charge in [-0.3, -0.25) is 9.59 Å². The van der Waals surface area contributed by atoms with Crippen molar-refractivity contribution < 1.29 is 24.5 Å². The SMILES string of the molecule is CCCCOc1c(Nc2c(C(C)C)cccc2C(C)C)c(Nc2c(C(C)C)cccc2C(C)C)c(Cl)c2c1C(=O)c1c(O)ccc(O)c1C2=O. The smallest absolute Gasteiger partial charge is 0.202 e. The number of ketones is 2. The summed E-state index contributed by atoms with van der Waals surface area (Å²) in [5, 5.41) is 29.2. The molecule has 0 unspecified atom stereocenters. The van der Waals surface area contributed by atoms with Crippen LogP contribution in [0.3, 0.4) is 0 Å².